The molecule has 0 aliphatic heterocycles. The number of nitrogens with zero attached hydrogens (tertiary/aromatic N) is 1. The molecule has 0 atom stereocenters. The molecule has 0 unspecified atom stereocenters. The van der Waals surface area contributed by atoms with Crippen molar-refractivity contribution in [3.05, 3.63) is 24.0 Å². The Morgan fingerprint density at radius 2 is 2.12 bits per heavy atom. The Kier molecular flexibility index (Phi) is 5.38. The Morgan fingerprint density at radius 3 is 2.75 bits per heavy atom. The topological polar surface area (TPSA) is 48.1 Å². The van der Waals surface area contributed by atoms with Crippen LogP contribution < -0.4 is 10.5 Å². The van der Waals surface area contributed by atoms with Gasteiger partial charge in [0.25, 0.3) is 0 Å². The second-order valence-electron chi connectivity index (χ2n) is 3.47. The zero-order chi connectivity index (χ0) is 11.8. The summed E-state index contributed by atoms with van der Waals surface area (Å²) in [6, 6.07) is 1.90. The van der Waals surface area contributed by atoms with Gasteiger partial charge in [-0.25, -0.2) is 0 Å². The largest absolute Gasteiger partial charge is 0.489 e. The highest BCUT2D eigenvalue weighted by Gasteiger charge is 2.05. The van der Waals surface area contributed by atoms with E-state index in [1.165, 1.54) is 0 Å². The second-order valence-corrected chi connectivity index (χ2v) is 3.47. The van der Waals surface area contributed by atoms with Gasteiger partial charge in [-0.15, -0.1) is 0 Å². The first-order chi connectivity index (χ1) is 7.80. The molecule has 86 valence electrons. The van der Waals surface area contributed by atoms with E-state index in [1.807, 2.05) is 6.07 Å². The molecule has 0 saturated heterocycles. The Labute approximate surface area is 97.0 Å². The van der Waals surface area contributed by atoms with Gasteiger partial charge in [-0.05, 0) is 18.9 Å². The van der Waals surface area contributed by atoms with E-state index in [9.17, 15) is 0 Å². The van der Waals surface area contributed by atoms with Crippen molar-refractivity contribution in [1.82, 2.24) is 4.98 Å². The van der Waals surface area contributed by atoms with Gasteiger partial charge >= 0.3 is 0 Å². The monoisotopic (exact) mass is 218 g/mol. The van der Waals surface area contributed by atoms with Crippen molar-refractivity contribution in [2.24, 2.45) is 5.73 Å². The van der Waals surface area contributed by atoms with E-state index in [-0.39, 0.29) is 6.10 Å². The number of rotatable bonds is 4. The van der Waals surface area contributed by atoms with Crippen LogP contribution in [0.1, 0.15) is 32.3 Å². The van der Waals surface area contributed by atoms with Crippen molar-refractivity contribution in [3.8, 4) is 17.6 Å². The minimum Gasteiger partial charge on any atom is -0.489 e. The molecule has 16 heavy (non-hydrogen) atoms. The van der Waals surface area contributed by atoms with Gasteiger partial charge in [0.1, 0.15) is 5.75 Å². The van der Waals surface area contributed by atoms with Crippen molar-refractivity contribution in [2.45, 2.75) is 32.8 Å². The minimum absolute atomic E-state index is 0.250. The predicted molar refractivity (Wildman–Crippen MR) is 65.2 cm³/mol. The van der Waals surface area contributed by atoms with Gasteiger partial charge in [-0.3, -0.25) is 4.98 Å². The van der Waals surface area contributed by atoms with Gasteiger partial charge < -0.3 is 10.5 Å². The van der Waals surface area contributed by atoms with Gasteiger partial charge in [-0.1, -0.05) is 25.7 Å². The third-order valence-corrected chi connectivity index (χ3v) is 2.26. The highest BCUT2D eigenvalue weighted by Crippen LogP contribution is 2.15. The van der Waals surface area contributed by atoms with Crippen LogP contribution in [-0.2, 0) is 0 Å². The summed E-state index contributed by atoms with van der Waals surface area (Å²) in [4.78, 5) is 4.09. The molecule has 0 aliphatic rings. The van der Waals surface area contributed by atoms with Crippen molar-refractivity contribution in [1.29, 1.82) is 0 Å². The number of nitrogens with two attached hydrogens (primary N) is 1. The zero-order valence-electron chi connectivity index (χ0n) is 9.86. The predicted octanol–water partition coefficient (Wildman–Crippen LogP) is 1.96. The van der Waals surface area contributed by atoms with Crippen LogP contribution in [-0.4, -0.2) is 17.6 Å². The van der Waals surface area contributed by atoms with E-state index in [0.29, 0.717) is 6.54 Å². The van der Waals surface area contributed by atoms with Crippen LogP contribution in [0.4, 0.5) is 0 Å². The molecule has 0 aromatic carbocycles. The molecule has 0 amide bonds. The molecular weight excluding hydrogens is 200 g/mol. The Hall–Kier alpha value is -1.53. The molecule has 0 radical (unpaired) electrons. The maximum absolute atomic E-state index is 5.77. The quantitative estimate of drug-likeness (QED) is 0.786. The molecule has 0 saturated carbocycles. The molecule has 0 bridgehead atoms. The Morgan fingerprint density at radius 1 is 1.38 bits per heavy atom. The van der Waals surface area contributed by atoms with Crippen LogP contribution in [0.15, 0.2) is 18.5 Å². The third-order valence-electron chi connectivity index (χ3n) is 2.26. The van der Waals surface area contributed by atoms with Crippen molar-refractivity contribution in [3.63, 3.8) is 0 Å². The maximum Gasteiger partial charge on any atom is 0.139 e. The summed E-state index contributed by atoms with van der Waals surface area (Å²) in [7, 11) is 0. The first-order valence-corrected chi connectivity index (χ1v) is 5.60. The van der Waals surface area contributed by atoms with Crippen molar-refractivity contribution >= 4 is 0 Å². The summed E-state index contributed by atoms with van der Waals surface area (Å²) in [5.41, 5.74) is 6.15. The zero-order valence-corrected chi connectivity index (χ0v) is 9.86. The van der Waals surface area contributed by atoms with E-state index >= 15 is 0 Å². The third kappa shape index (κ3) is 3.92. The average Bonchev–Trinajstić information content (AvgIpc) is 2.34. The maximum atomic E-state index is 5.77. The molecule has 0 fully saturated rings. The lowest BCUT2D eigenvalue weighted by molar-refractivity contribution is 0.192. The Bertz CT molecular complexity index is 375. The highest BCUT2D eigenvalue weighted by atomic mass is 16.5. The minimum atomic E-state index is 0.250. The van der Waals surface area contributed by atoms with Gasteiger partial charge in [0, 0.05) is 11.8 Å². The van der Waals surface area contributed by atoms with Gasteiger partial charge in [0.15, 0.2) is 0 Å². The van der Waals surface area contributed by atoms with Crippen molar-refractivity contribution in [2.75, 3.05) is 6.54 Å². The lowest BCUT2D eigenvalue weighted by Gasteiger charge is -2.15. The van der Waals surface area contributed by atoms with Crippen LogP contribution in [0, 0.1) is 11.8 Å². The fourth-order valence-corrected chi connectivity index (χ4v) is 1.35. The first-order valence-electron chi connectivity index (χ1n) is 5.60. The van der Waals surface area contributed by atoms with Gasteiger partial charge in [0.2, 0.25) is 0 Å². The van der Waals surface area contributed by atoms with Crippen LogP contribution in [0.5, 0.6) is 5.75 Å². The summed E-state index contributed by atoms with van der Waals surface area (Å²) in [6.45, 7) is 4.58. The summed E-state index contributed by atoms with van der Waals surface area (Å²) < 4.78 is 5.77. The lowest BCUT2D eigenvalue weighted by atomic mass is 10.2. The summed E-state index contributed by atoms with van der Waals surface area (Å²) in [6.07, 6.45) is 5.67. The molecule has 1 aromatic rings. The molecule has 2 N–H and O–H groups in total. The summed E-state index contributed by atoms with van der Waals surface area (Å²) in [5.74, 6) is 6.51. The lowest BCUT2D eigenvalue weighted by Crippen LogP contribution is -2.13. The number of hydrogen-bond donors (Lipinski definition) is 1. The highest BCUT2D eigenvalue weighted by molar-refractivity contribution is 5.36. The summed E-state index contributed by atoms with van der Waals surface area (Å²) >= 11 is 0. The summed E-state index contributed by atoms with van der Waals surface area (Å²) in [5, 5.41) is 0. The average molecular weight is 218 g/mol. The van der Waals surface area contributed by atoms with E-state index in [0.717, 1.165) is 24.2 Å². The number of ether oxygens (including phenoxy) is 1. The standard InChI is InChI=1S/C13H18N2O/c1-3-12(4-2)16-13-8-11(6-5-7-14)9-15-10-13/h8-10,12H,3-4,7,14H2,1-2H3. The first kappa shape index (κ1) is 12.5. The number of aromatic nitrogens is 1. The smallest absolute Gasteiger partial charge is 0.139 e. The molecule has 3 heteroatoms. The molecule has 1 heterocycles. The second kappa shape index (κ2) is 6.86. The Balaban J connectivity index is 2.74. The van der Waals surface area contributed by atoms with E-state index in [4.69, 9.17) is 10.5 Å². The number of hydrogen-bond acceptors (Lipinski definition) is 3. The molecule has 0 spiro atoms. The fraction of sp³-hybridized carbons (Fsp3) is 0.462. The molecular formula is C13H18N2O. The van der Waals surface area contributed by atoms with E-state index in [1.54, 1.807) is 12.4 Å². The van der Waals surface area contributed by atoms with Crippen LogP contribution in [0.3, 0.4) is 0 Å². The molecule has 0 aliphatic carbocycles. The van der Waals surface area contributed by atoms with Gasteiger partial charge in [0.05, 0.1) is 18.8 Å². The van der Waals surface area contributed by atoms with Gasteiger partial charge in [-0.2, -0.15) is 0 Å². The van der Waals surface area contributed by atoms with E-state index in [2.05, 4.69) is 30.7 Å². The SMILES string of the molecule is CCC(CC)Oc1cncc(C#CCN)c1. The number of pyridine rings is 1. The van der Waals surface area contributed by atoms with Crippen LogP contribution >= 0.6 is 0 Å². The molecule has 3 nitrogen and oxygen atoms in total. The van der Waals surface area contributed by atoms with E-state index < -0.39 is 0 Å². The molecule has 1 rings (SSSR count). The van der Waals surface area contributed by atoms with Crippen LogP contribution in [0.2, 0.25) is 0 Å². The molecule has 1 aromatic heterocycles. The normalized spacial score (nSPS) is 9.75. The van der Waals surface area contributed by atoms with Crippen LogP contribution in [0.25, 0.3) is 0 Å². The fourth-order valence-electron chi connectivity index (χ4n) is 1.35. The van der Waals surface area contributed by atoms with Crippen molar-refractivity contribution < 1.29 is 4.74 Å².